The van der Waals surface area contributed by atoms with Gasteiger partial charge in [-0.05, 0) is 24.7 Å². The van der Waals surface area contributed by atoms with E-state index in [4.69, 9.17) is 11.5 Å². The highest BCUT2D eigenvalue weighted by Crippen LogP contribution is 2.18. The van der Waals surface area contributed by atoms with Gasteiger partial charge in [0.1, 0.15) is 0 Å². The van der Waals surface area contributed by atoms with Gasteiger partial charge in [0.05, 0.1) is 12.6 Å². The van der Waals surface area contributed by atoms with Gasteiger partial charge >= 0.3 is 0 Å². The van der Waals surface area contributed by atoms with Gasteiger partial charge in [-0.15, -0.1) is 0 Å². The Labute approximate surface area is 125 Å². The molecule has 1 rings (SSSR count). The van der Waals surface area contributed by atoms with E-state index in [-0.39, 0.29) is 30.2 Å². The van der Waals surface area contributed by atoms with Crippen LogP contribution in [0.3, 0.4) is 0 Å². The van der Waals surface area contributed by atoms with E-state index in [2.05, 4.69) is 5.32 Å². The number of rotatable bonds is 7. The molecule has 0 aromatic rings. The molecule has 0 spiro atoms. The zero-order chi connectivity index (χ0) is 16.0. The molecular formula is C14H26N4O3. The molecule has 0 aliphatic carbocycles. The first-order valence-corrected chi connectivity index (χ1v) is 7.39. The highest BCUT2D eigenvalue weighted by atomic mass is 16.2. The SMILES string of the molecule is CC(C)C[C@H](N)C(=O)NCC(=O)N1CCC(CC(N)=O)C1. The molecule has 1 aliphatic rings. The number of carbonyl (C=O) groups is 3. The summed E-state index contributed by atoms with van der Waals surface area (Å²) in [6, 6.07) is -0.584. The summed E-state index contributed by atoms with van der Waals surface area (Å²) >= 11 is 0. The Hall–Kier alpha value is -1.63. The number of carbonyl (C=O) groups excluding carboxylic acids is 3. The minimum Gasteiger partial charge on any atom is -0.370 e. The molecule has 5 N–H and O–H groups in total. The van der Waals surface area contributed by atoms with Crippen molar-refractivity contribution in [3.63, 3.8) is 0 Å². The van der Waals surface area contributed by atoms with Gasteiger partial charge in [-0.3, -0.25) is 14.4 Å². The Kier molecular flexibility index (Phi) is 6.61. The predicted octanol–water partition coefficient (Wildman–Crippen LogP) is -0.800. The maximum atomic E-state index is 12.0. The minimum absolute atomic E-state index is 0.0477. The predicted molar refractivity (Wildman–Crippen MR) is 78.9 cm³/mol. The third-order valence-corrected chi connectivity index (χ3v) is 3.60. The molecule has 0 saturated carbocycles. The number of primary amides is 1. The molecule has 1 fully saturated rings. The molecule has 0 bridgehead atoms. The van der Waals surface area contributed by atoms with Crippen LogP contribution in [0.4, 0.5) is 0 Å². The second-order valence-electron chi connectivity index (χ2n) is 6.12. The third kappa shape index (κ3) is 6.12. The van der Waals surface area contributed by atoms with E-state index >= 15 is 0 Å². The van der Waals surface area contributed by atoms with Crippen LogP contribution in [0, 0.1) is 11.8 Å². The summed E-state index contributed by atoms with van der Waals surface area (Å²) in [5.74, 6) is -0.334. The van der Waals surface area contributed by atoms with Crippen molar-refractivity contribution in [2.45, 2.75) is 39.2 Å². The van der Waals surface area contributed by atoms with E-state index in [1.54, 1.807) is 4.90 Å². The lowest BCUT2D eigenvalue weighted by Crippen LogP contribution is -2.46. The van der Waals surface area contributed by atoms with Gasteiger partial charge in [-0.2, -0.15) is 0 Å². The summed E-state index contributed by atoms with van der Waals surface area (Å²) in [5, 5.41) is 2.57. The first kappa shape index (κ1) is 17.4. The molecule has 0 radical (unpaired) electrons. The normalized spacial score (nSPS) is 19.6. The van der Waals surface area contributed by atoms with Crippen LogP contribution in [0.15, 0.2) is 0 Å². The first-order chi connectivity index (χ1) is 9.79. The fraction of sp³-hybridized carbons (Fsp3) is 0.786. The largest absolute Gasteiger partial charge is 0.370 e. The Balaban J connectivity index is 2.31. The van der Waals surface area contributed by atoms with Gasteiger partial charge in [-0.1, -0.05) is 13.8 Å². The number of nitrogens with one attached hydrogen (secondary N) is 1. The maximum Gasteiger partial charge on any atom is 0.241 e. The van der Waals surface area contributed by atoms with Crippen LogP contribution in [0.5, 0.6) is 0 Å². The van der Waals surface area contributed by atoms with Gasteiger partial charge in [0.2, 0.25) is 17.7 Å². The summed E-state index contributed by atoms with van der Waals surface area (Å²) in [4.78, 5) is 36.2. The molecule has 3 amide bonds. The van der Waals surface area contributed by atoms with Crippen molar-refractivity contribution < 1.29 is 14.4 Å². The minimum atomic E-state index is -0.584. The van der Waals surface area contributed by atoms with Crippen LogP contribution in [-0.4, -0.2) is 48.3 Å². The molecule has 1 aliphatic heterocycles. The van der Waals surface area contributed by atoms with Crippen molar-refractivity contribution in [2.75, 3.05) is 19.6 Å². The lowest BCUT2D eigenvalue weighted by atomic mass is 10.0. The Morgan fingerprint density at radius 3 is 2.57 bits per heavy atom. The van der Waals surface area contributed by atoms with E-state index in [0.717, 1.165) is 6.42 Å². The number of amides is 3. The Morgan fingerprint density at radius 1 is 1.33 bits per heavy atom. The highest BCUT2D eigenvalue weighted by molar-refractivity contribution is 5.87. The van der Waals surface area contributed by atoms with Gasteiger partial charge in [0.15, 0.2) is 0 Å². The van der Waals surface area contributed by atoms with Crippen molar-refractivity contribution in [3.05, 3.63) is 0 Å². The Bertz CT molecular complexity index is 398. The molecule has 21 heavy (non-hydrogen) atoms. The second kappa shape index (κ2) is 7.97. The lowest BCUT2D eigenvalue weighted by molar-refractivity contribution is -0.132. The van der Waals surface area contributed by atoms with Gasteiger partial charge in [0.25, 0.3) is 0 Å². The van der Waals surface area contributed by atoms with E-state index in [1.807, 2.05) is 13.8 Å². The standard InChI is InChI=1S/C14H26N4O3/c1-9(2)5-11(15)14(21)17-7-13(20)18-4-3-10(8-18)6-12(16)19/h9-11H,3-8,15H2,1-2H3,(H2,16,19)(H,17,21)/t10?,11-/m0/s1. The van der Waals surface area contributed by atoms with Gasteiger partial charge in [0, 0.05) is 19.5 Å². The van der Waals surface area contributed by atoms with Crippen LogP contribution in [-0.2, 0) is 14.4 Å². The number of likely N-dealkylation sites (tertiary alicyclic amines) is 1. The third-order valence-electron chi connectivity index (χ3n) is 3.60. The van der Waals surface area contributed by atoms with Gasteiger partial charge < -0.3 is 21.7 Å². The Morgan fingerprint density at radius 2 is 2.00 bits per heavy atom. The number of nitrogens with zero attached hydrogens (tertiary/aromatic N) is 1. The summed E-state index contributed by atoms with van der Waals surface area (Å²) in [6.07, 6.45) is 1.66. The zero-order valence-electron chi connectivity index (χ0n) is 12.8. The van der Waals surface area contributed by atoms with Crippen LogP contribution < -0.4 is 16.8 Å². The van der Waals surface area contributed by atoms with Crippen molar-refractivity contribution in [2.24, 2.45) is 23.3 Å². The maximum absolute atomic E-state index is 12.0. The van der Waals surface area contributed by atoms with E-state index in [9.17, 15) is 14.4 Å². The fourth-order valence-electron chi connectivity index (χ4n) is 2.53. The van der Waals surface area contributed by atoms with Crippen LogP contribution in [0.1, 0.15) is 33.1 Å². The highest BCUT2D eigenvalue weighted by Gasteiger charge is 2.27. The molecule has 7 heteroatoms. The topological polar surface area (TPSA) is 119 Å². The smallest absolute Gasteiger partial charge is 0.241 e. The molecule has 0 aromatic carbocycles. The summed E-state index contributed by atoms with van der Waals surface area (Å²) in [6.45, 7) is 5.05. The summed E-state index contributed by atoms with van der Waals surface area (Å²) < 4.78 is 0. The van der Waals surface area contributed by atoms with E-state index in [0.29, 0.717) is 31.8 Å². The summed E-state index contributed by atoms with van der Waals surface area (Å²) in [7, 11) is 0. The quantitative estimate of drug-likeness (QED) is 0.570. The van der Waals surface area contributed by atoms with Crippen LogP contribution in [0.2, 0.25) is 0 Å². The molecule has 1 saturated heterocycles. The van der Waals surface area contributed by atoms with E-state index < -0.39 is 6.04 Å². The van der Waals surface area contributed by atoms with Crippen LogP contribution in [0.25, 0.3) is 0 Å². The number of hydrogen-bond acceptors (Lipinski definition) is 4. The molecular weight excluding hydrogens is 272 g/mol. The average molecular weight is 298 g/mol. The van der Waals surface area contributed by atoms with Crippen molar-refractivity contribution >= 4 is 17.7 Å². The number of nitrogens with two attached hydrogens (primary N) is 2. The monoisotopic (exact) mass is 298 g/mol. The fourth-order valence-corrected chi connectivity index (χ4v) is 2.53. The molecule has 1 heterocycles. The summed E-state index contributed by atoms with van der Waals surface area (Å²) in [5.41, 5.74) is 10.9. The van der Waals surface area contributed by atoms with E-state index in [1.165, 1.54) is 0 Å². The molecule has 7 nitrogen and oxygen atoms in total. The average Bonchev–Trinajstić information content (AvgIpc) is 2.82. The van der Waals surface area contributed by atoms with Crippen LogP contribution >= 0.6 is 0 Å². The lowest BCUT2D eigenvalue weighted by Gasteiger charge is -2.18. The first-order valence-electron chi connectivity index (χ1n) is 7.39. The molecule has 120 valence electrons. The van der Waals surface area contributed by atoms with Gasteiger partial charge in [-0.25, -0.2) is 0 Å². The van der Waals surface area contributed by atoms with Crippen molar-refractivity contribution in [1.82, 2.24) is 10.2 Å². The van der Waals surface area contributed by atoms with Crippen molar-refractivity contribution in [1.29, 1.82) is 0 Å². The number of hydrogen-bond donors (Lipinski definition) is 3. The van der Waals surface area contributed by atoms with Crippen molar-refractivity contribution in [3.8, 4) is 0 Å². The molecule has 0 aromatic heterocycles. The zero-order valence-corrected chi connectivity index (χ0v) is 12.8. The molecule has 1 unspecified atom stereocenters. The molecule has 2 atom stereocenters. The second-order valence-corrected chi connectivity index (χ2v) is 6.12.